The van der Waals surface area contributed by atoms with Crippen LogP contribution >= 0.6 is 33.9 Å². The lowest BCUT2D eigenvalue weighted by Gasteiger charge is -2.27. The minimum Gasteiger partial charge on any atom is -0.376 e. The summed E-state index contributed by atoms with van der Waals surface area (Å²) in [6, 6.07) is 10.2. The first kappa shape index (κ1) is 13.9. The summed E-state index contributed by atoms with van der Waals surface area (Å²) in [5.74, 6) is 0.167. The number of carbonyl (C=O) groups excluding carboxylic acids is 1. The van der Waals surface area contributed by atoms with Crippen molar-refractivity contribution in [3.8, 4) is 0 Å². The van der Waals surface area contributed by atoms with Gasteiger partial charge in [-0.25, -0.2) is 0 Å². The molecule has 1 aliphatic rings. The Kier molecular flexibility index (Phi) is 4.26. The monoisotopic (exact) mass is 398 g/mol. The van der Waals surface area contributed by atoms with Crippen molar-refractivity contribution in [2.24, 2.45) is 0 Å². The van der Waals surface area contributed by atoms with Gasteiger partial charge in [0, 0.05) is 27.2 Å². The molecule has 1 N–H and O–H groups in total. The minimum absolute atomic E-state index is 0.167. The lowest BCUT2D eigenvalue weighted by atomic mass is 10.1. The molecule has 1 aromatic carbocycles. The van der Waals surface area contributed by atoms with Gasteiger partial charge in [-0.05, 0) is 64.2 Å². The van der Waals surface area contributed by atoms with Gasteiger partial charge in [0.2, 0.25) is 5.91 Å². The normalized spacial score (nSPS) is 13.9. The molecule has 3 rings (SSSR count). The predicted molar refractivity (Wildman–Crippen MR) is 91.1 cm³/mol. The molecule has 0 saturated carbocycles. The molecule has 104 valence electrons. The number of nitrogens with one attached hydrogen (secondary N) is 1. The van der Waals surface area contributed by atoms with Crippen molar-refractivity contribution < 1.29 is 4.79 Å². The molecule has 2 aromatic rings. The number of thiophene rings is 1. The van der Waals surface area contributed by atoms with Gasteiger partial charge in [0.15, 0.2) is 0 Å². The van der Waals surface area contributed by atoms with Crippen LogP contribution in [0.5, 0.6) is 0 Å². The van der Waals surface area contributed by atoms with Gasteiger partial charge in [-0.15, -0.1) is 11.3 Å². The van der Waals surface area contributed by atoms with Crippen molar-refractivity contribution in [3.63, 3.8) is 0 Å². The molecule has 1 amide bonds. The molecule has 0 fully saturated rings. The molecule has 0 aliphatic carbocycles. The number of anilines is 1. The molecule has 1 aromatic heterocycles. The molecule has 0 unspecified atom stereocenters. The van der Waals surface area contributed by atoms with Crippen LogP contribution in [-0.2, 0) is 17.8 Å². The van der Waals surface area contributed by atoms with Gasteiger partial charge in [0.1, 0.15) is 0 Å². The number of hydrogen-bond donors (Lipinski definition) is 1. The van der Waals surface area contributed by atoms with Crippen molar-refractivity contribution >= 4 is 45.5 Å². The van der Waals surface area contributed by atoms with Crippen LogP contribution in [0.1, 0.15) is 10.4 Å². The zero-order chi connectivity index (χ0) is 13.9. The number of amides is 1. The van der Waals surface area contributed by atoms with Crippen molar-refractivity contribution in [1.29, 1.82) is 0 Å². The molecule has 3 nitrogen and oxygen atoms in total. The van der Waals surface area contributed by atoms with E-state index < -0.39 is 0 Å². The summed E-state index contributed by atoms with van der Waals surface area (Å²) in [6.07, 6.45) is 0.988. The van der Waals surface area contributed by atoms with Gasteiger partial charge in [-0.1, -0.05) is 6.07 Å². The zero-order valence-corrected chi connectivity index (χ0v) is 13.9. The van der Waals surface area contributed by atoms with Crippen LogP contribution in [0.15, 0.2) is 35.7 Å². The third-order valence-electron chi connectivity index (χ3n) is 3.43. The summed E-state index contributed by atoms with van der Waals surface area (Å²) >= 11 is 4.07. The molecular weight excluding hydrogens is 383 g/mol. The van der Waals surface area contributed by atoms with Crippen molar-refractivity contribution in [3.05, 3.63) is 49.7 Å². The van der Waals surface area contributed by atoms with Gasteiger partial charge < -0.3 is 10.2 Å². The molecule has 2 heterocycles. The quantitative estimate of drug-likeness (QED) is 0.805. The van der Waals surface area contributed by atoms with Crippen molar-refractivity contribution in [2.45, 2.75) is 13.0 Å². The Balaban J connectivity index is 1.58. The van der Waals surface area contributed by atoms with Gasteiger partial charge in [0.25, 0.3) is 0 Å². The highest BCUT2D eigenvalue weighted by molar-refractivity contribution is 14.1. The highest BCUT2D eigenvalue weighted by Gasteiger charge is 2.20. The molecule has 1 aliphatic heterocycles. The van der Waals surface area contributed by atoms with Crippen LogP contribution < -0.4 is 5.32 Å². The van der Waals surface area contributed by atoms with Gasteiger partial charge >= 0.3 is 0 Å². The van der Waals surface area contributed by atoms with E-state index in [-0.39, 0.29) is 5.91 Å². The molecule has 0 atom stereocenters. The van der Waals surface area contributed by atoms with E-state index in [0.29, 0.717) is 6.54 Å². The van der Waals surface area contributed by atoms with Gasteiger partial charge in [0.05, 0.1) is 6.54 Å². The second-order valence-electron chi connectivity index (χ2n) is 4.80. The highest BCUT2D eigenvalue weighted by atomic mass is 127. The Bertz CT molecular complexity index is 626. The zero-order valence-electron chi connectivity index (χ0n) is 10.9. The number of nitrogens with zero attached hydrogens (tertiary/aromatic N) is 1. The van der Waals surface area contributed by atoms with E-state index in [0.717, 1.165) is 25.2 Å². The second kappa shape index (κ2) is 6.13. The number of halogens is 1. The van der Waals surface area contributed by atoms with Crippen LogP contribution in [0.25, 0.3) is 0 Å². The van der Waals surface area contributed by atoms with E-state index in [1.54, 1.807) is 11.3 Å². The fourth-order valence-corrected chi connectivity index (χ4v) is 3.78. The smallest absolute Gasteiger partial charge is 0.242 e. The lowest BCUT2D eigenvalue weighted by Crippen LogP contribution is -2.38. The Labute approximate surface area is 136 Å². The van der Waals surface area contributed by atoms with E-state index in [1.807, 2.05) is 29.2 Å². The van der Waals surface area contributed by atoms with Crippen LogP contribution in [0.3, 0.4) is 0 Å². The number of rotatable bonds is 3. The third-order valence-corrected chi connectivity index (χ3v) is 5.12. The second-order valence-corrected chi connectivity index (χ2v) is 7.04. The molecule has 0 spiro atoms. The maximum absolute atomic E-state index is 12.3. The Morgan fingerprint density at radius 2 is 2.30 bits per heavy atom. The summed E-state index contributed by atoms with van der Waals surface area (Å²) < 4.78 is 1.17. The van der Waals surface area contributed by atoms with Gasteiger partial charge in [-0.2, -0.15) is 0 Å². The van der Waals surface area contributed by atoms with E-state index in [9.17, 15) is 4.79 Å². The standard InChI is InChI=1S/C15H15IN2OS/c16-12-2-1-3-13(8-12)17-9-15(19)18-6-4-14-11(10-18)5-7-20-14/h1-3,5,7-8,17H,4,6,9-10H2. The average molecular weight is 398 g/mol. The van der Waals surface area contributed by atoms with Crippen LogP contribution in [0.2, 0.25) is 0 Å². The fourth-order valence-electron chi connectivity index (χ4n) is 2.35. The highest BCUT2D eigenvalue weighted by Crippen LogP contribution is 2.24. The largest absolute Gasteiger partial charge is 0.376 e. The number of fused-ring (bicyclic) bond motifs is 1. The lowest BCUT2D eigenvalue weighted by molar-refractivity contribution is -0.130. The first-order chi connectivity index (χ1) is 9.72. The number of hydrogen-bond acceptors (Lipinski definition) is 3. The SMILES string of the molecule is O=C(CNc1cccc(I)c1)N1CCc2sccc2C1. The molecule has 0 saturated heterocycles. The topological polar surface area (TPSA) is 32.3 Å². The van der Waals surface area contributed by atoms with Gasteiger partial charge in [-0.3, -0.25) is 4.79 Å². The number of carbonyl (C=O) groups is 1. The van der Waals surface area contributed by atoms with Crippen molar-refractivity contribution in [2.75, 3.05) is 18.4 Å². The van der Waals surface area contributed by atoms with E-state index in [4.69, 9.17) is 0 Å². The first-order valence-electron chi connectivity index (χ1n) is 6.55. The van der Waals surface area contributed by atoms with Crippen LogP contribution in [0, 0.1) is 3.57 Å². The minimum atomic E-state index is 0.167. The first-order valence-corrected chi connectivity index (χ1v) is 8.50. The molecular formula is C15H15IN2OS. The fraction of sp³-hybridized carbons (Fsp3) is 0.267. The Morgan fingerprint density at radius 3 is 3.15 bits per heavy atom. The average Bonchev–Trinajstić information content (AvgIpc) is 2.92. The maximum atomic E-state index is 12.3. The molecule has 20 heavy (non-hydrogen) atoms. The summed E-state index contributed by atoms with van der Waals surface area (Å²) in [4.78, 5) is 15.6. The van der Waals surface area contributed by atoms with E-state index >= 15 is 0 Å². The predicted octanol–water partition coefficient (Wildman–Crippen LogP) is 3.35. The number of benzene rings is 1. The summed E-state index contributed by atoms with van der Waals surface area (Å²) in [6.45, 7) is 1.95. The molecule has 0 bridgehead atoms. The van der Waals surface area contributed by atoms with E-state index in [2.05, 4.69) is 39.4 Å². The van der Waals surface area contributed by atoms with Crippen molar-refractivity contribution in [1.82, 2.24) is 4.90 Å². The Morgan fingerprint density at radius 1 is 1.40 bits per heavy atom. The van der Waals surface area contributed by atoms with Crippen LogP contribution in [0.4, 0.5) is 5.69 Å². The van der Waals surface area contributed by atoms with Crippen LogP contribution in [-0.4, -0.2) is 23.9 Å². The maximum Gasteiger partial charge on any atom is 0.242 e. The summed E-state index contributed by atoms with van der Waals surface area (Å²) in [7, 11) is 0. The summed E-state index contributed by atoms with van der Waals surface area (Å²) in [5.41, 5.74) is 2.31. The molecule has 0 radical (unpaired) electrons. The summed E-state index contributed by atoms with van der Waals surface area (Å²) in [5, 5.41) is 5.32. The Hall–Kier alpha value is -1.08. The third kappa shape index (κ3) is 3.15. The molecule has 5 heteroatoms. The van der Waals surface area contributed by atoms with E-state index in [1.165, 1.54) is 14.0 Å².